The second-order valence-electron chi connectivity index (χ2n) is 5.90. The maximum Gasteiger partial charge on any atom is 0.253 e. The van der Waals surface area contributed by atoms with Crippen LogP contribution in [-0.2, 0) is 0 Å². The molecule has 2 aromatic carbocycles. The summed E-state index contributed by atoms with van der Waals surface area (Å²) in [6.45, 7) is 3.97. The van der Waals surface area contributed by atoms with Gasteiger partial charge in [-0.2, -0.15) is 0 Å². The average molecular weight is 355 g/mol. The zero-order valence-corrected chi connectivity index (χ0v) is 15.6. The Morgan fingerprint density at radius 1 is 1.12 bits per heavy atom. The summed E-state index contributed by atoms with van der Waals surface area (Å²) < 4.78 is 11.8. The van der Waals surface area contributed by atoms with Crippen LogP contribution in [0.1, 0.15) is 34.5 Å². The Labute approximate surface area is 151 Å². The van der Waals surface area contributed by atoms with E-state index in [0.717, 1.165) is 21.2 Å². The van der Waals surface area contributed by atoms with E-state index >= 15 is 0 Å². The molecule has 3 aromatic rings. The first-order valence-corrected chi connectivity index (χ1v) is 8.92. The van der Waals surface area contributed by atoms with Crippen LogP contribution in [0.3, 0.4) is 0 Å². The van der Waals surface area contributed by atoms with Gasteiger partial charge < -0.3 is 14.8 Å². The Morgan fingerprint density at radius 2 is 1.80 bits per heavy atom. The zero-order chi connectivity index (χ0) is 18.0. The van der Waals surface area contributed by atoms with Gasteiger partial charge in [0.15, 0.2) is 11.5 Å². The number of thiophene rings is 1. The van der Waals surface area contributed by atoms with Crippen LogP contribution in [0.2, 0.25) is 0 Å². The van der Waals surface area contributed by atoms with Crippen LogP contribution >= 0.6 is 11.3 Å². The third kappa shape index (κ3) is 3.33. The largest absolute Gasteiger partial charge is 0.493 e. The zero-order valence-electron chi connectivity index (χ0n) is 14.8. The molecule has 5 heteroatoms. The fraction of sp³-hybridized carbons (Fsp3) is 0.250. The Balaban J connectivity index is 1.87. The molecule has 1 N–H and O–H groups in total. The number of rotatable bonds is 5. The number of carbonyl (C=O) groups is 1. The molecule has 0 saturated carbocycles. The molecule has 1 heterocycles. The Morgan fingerprint density at radius 3 is 2.52 bits per heavy atom. The monoisotopic (exact) mass is 355 g/mol. The first kappa shape index (κ1) is 17.3. The summed E-state index contributed by atoms with van der Waals surface area (Å²) in [4.78, 5) is 12.7. The van der Waals surface area contributed by atoms with Gasteiger partial charge in [0.2, 0.25) is 0 Å². The Bertz CT molecular complexity index is 916. The minimum Gasteiger partial charge on any atom is -0.493 e. The van der Waals surface area contributed by atoms with Crippen LogP contribution < -0.4 is 14.8 Å². The van der Waals surface area contributed by atoms with Gasteiger partial charge in [-0.15, -0.1) is 11.3 Å². The molecule has 1 atom stereocenters. The number of amides is 1. The van der Waals surface area contributed by atoms with E-state index in [1.165, 1.54) is 0 Å². The van der Waals surface area contributed by atoms with Crippen LogP contribution in [0.15, 0.2) is 41.8 Å². The van der Waals surface area contributed by atoms with Crippen molar-refractivity contribution in [3.05, 3.63) is 58.5 Å². The van der Waals surface area contributed by atoms with Crippen LogP contribution in [-0.4, -0.2) is 20.1 Å². The van der Waals surface area contributed by atoms with Gasteiger partial charge in [-0.3, -0.25) is 4.79 Å². The summed E-state index contributed by atoms with van der Waals surface area (Å²) in [7, 11) is 3.22. The smallest absolute Gasteiger partial charge is 0.253 e. The lowest BCUT2D eigenvalue weighted by Crippen LogP contribution is -2.27. The number of ether oxygens (including phenoxy) is 2. The predicted octanol–water partition coefficient (Wildman–Crippen LogP) is 4.72. The Hall–Kier alpha value is -2.53. The van der Waals surface area contributed by atoms with E-state index in [0.29, 0.717) is 17.1 Å². The summed E-state index contributed by atoms with van der Waals surface area (Å²) in [6, 6.07) is 11.6. The fourth-order valence-corrected chi connectivity index (χ4v) is 3.91. The molecule has 0 aliphatic heterocycles. The number of benzene rings is 2. The highest BCUT2D eigenvalue weighted by Crippen LogP contribution is 2.33. The molecule has 0 aliphatic carbocycles. The maximum absolute atomic E-state index is 12.7. The second kappa shape index (κ2) is 7.15. The Kier molecular flexibility index (Phi) is 4.95. The topological polar surface area (TPSA) is 47.6 Å². The van der Waals surface area contributed by atoms with Crippen LogP contribution in [0.4, 0.5) is 0 Å². The van der Waals surface area contributed by atoms with E-state index in [2.05, 4.69) is 5.32 Å². The van der Waals surface area contributed by atoms with Crippen molar-refractivity contribution >= 4 is 27.3 Å². The van der Waals surface area contributed by atoms with E-state index < -0.39 is 0 Å². The molecule has 25 heavy (non-hydrogen) atoms. The van der Waals surface area contributed by atoms with Gasteiger partial charge in [-0.05, 0) is 43.2 Å². The van der Waals surface area contributed by atoms with Gasteiger partial charge in [-0.25, -0.2) is 0 Å². The van der Waals surface area contributed by atoms with E-state index in [1.54, 1.807) is 25.6 Å². The molecule has 130 valence electrons. The maximum atomic E-state index is 12.7. The molecule has 0 bridgehead atoms. The highest BCUT2D eigenvalue weighted by Gasteiger charge is 2.18. The van der Waals surface area contributed by atoms with Crippen molar-refractivity contribution in [3.63, 3.8) is 0 Å². The normalized spacial score (nSPS) is 12.0. The third-order valence-electron chi connectivity index (χ3n) is 4.31. The summed E-state index contributed by atoms with van der Waals surface area (Å²) >= 11 is 1.58. The van der Waals surface area contributed by atoms with Crippen molar-refractivity contribution < 1.29 is 14.3 Å². The number of nitrogens with one attached hydrogen (secondary N) is 1. The minimum atomic E-state index is -0.147. The molecule has 4 nitrogen and oxygen atoms in total. The SMILES string of the molecule is COc1cc(C)c(C(C)NC(=O)c2csc3ccccc23)cc1OC. The van der Waals surface area contributed by atoms with Crippen molar-refractivity contribution in [1.29, 1.82) is 0 Å². The van der Waals surface area contributed by atoms with Crippen molar-refractivity contribution in [2.45, 2.75) is 19.9 Å². The molecule has 0 radical (unpaired) electrons. The van der Waals surface area contributed by atoms with E-state index in [4.69, 9.17) is 9.47 Å². The number of fused-ring (bicyclic) bond motifs is 1. The molecule has 1 unspecified atom stereocenters. The van der Waals surface area contributed by atoms with E-state index in [1.807, 2.05) is 55.6 Å². The first-order valence-electron chi connectivity index (χ1n) is 8.04. The molecule has 0 fully saturated rings. The summed E-state index contributed by atoms with van der Waals surface area (Å²) in [5.41, 5.74) is 2.76. The lowest BCUT2D eigenvalue weighted by Gasteiger charge is -2.19. The van der Waals surface area contributed by atoms with Gasteiger partial charge in [0.25, 0.3) is 5.91 Å². The number of hydrogen-bond donors (Lipinski definition) is 1. The second-order valence-corrected chi connectivity index (χ2v) is 6.82. The van der Waals surface area contributed by atoms with Crippen molar-refractivity contribution in [2.75, 3.05) is 14.2 Å². The van der Waals surface area contributed by atoms with Crippen molar-refractivity contribution in [1.82, 2.24) is 5.32 Å². The summed E-state index contributed by atoms with van der Waals surface area (Å²) in [5.74, 6) is 1.27. The van der Waals surface area contributed by atoms with Crippen molar-refractivity contribution in [3.8, 4) is 11.5 Å². The molecular weight excluding hydrogens is 334 g/mol. The molecule has 0 aliphatic rings. The summed E-state index contributed by atoms with van der Waals surface area (Å²) in [5, 5.41) is 5.99. The van der Waals surface area contributed by atoms with Gasteiger partial charge in [0.05, 0.1) is 25.8 Å². The molecule has 0 saturated heterocycles. The number of methoxy groups -OCH3 is 2. The highest BCUT2D eigenvalue weighted by molar-refractivity contribution is 7.17. The van der Waals surface area contributed by atoms with Gasteiger partial charge >= 0.3 is 0 Å². The van der Waals surface area contributed by atoms with Gasteiger partial charge in [0, 0.05) is 15.5 Å². The minimum absolute atomic E-state index is 0.0702. The highest BCUT2D eigenvalue weighted by atomic mass is 32.1. The molecule has 1 aromatic heterocycles. The average Bonchev–Trinajstić information content (AvgIpc) is 3.05. The predicted molar refractivity (Wildman–Crippen MR) is 102 cm³/mol. The van der Waals surface area contributed by atoms with E-state index in [-0.39, 0.29) is 11.9 Å². The molecule has 1 amide bonds. The summed E-state index contributed by atoms with van der Waals surface area (Å²) in [6.07, 6.45) is 0. The number of aryl methyl sites for hydroxylation is 1. The van der Waals surface area contributed by atoms with Crippen LogP contribution in [0, 0.1) is 6.92 Å². The number of hydrogen-bond acceptors (Lipinski definition) is 4. The molecule has 3 rings (SSSR count). The van der Waals surface area contributed by atoms with Crippen molar-refractivity contribution in [2.24, 2.45) is 0 Å². The van der Waals surface area contributed by atoms with Crippen LogP contribution in [0.25, 0.3) is 10.1 Å². The molecular formula is C20H21NO3S. The van der Waals surface area contributed by atoms with Gasteiger partial charge in [-0.1, -0.05) is 18.2 Å². The van der Waals surface area contributed by atoms with Gasteiger partial charge in [0.1, 0.15) is 0 Å². The van der Waals surface area contributed by atoms with E-state index in [9.17, 15) is 4.79 Å². The molecule has 0 spiro atoms. The third-order valence-corrected chi connectivity index (χ3v) is 5.28. The number of carbonyl (C=O) groups excluding carboxylic acids is 1. The first-order chi connectivity index (χ1) is 12.0. The van der Waals surface area contributed by atoms with Crippen LogP contribution in [0.5, 0.6) is 11.5 Å². The fourth-order valence-electron chi connectivity index (χ4n) is 2.97. The standard InChI is InChI=1S/C20H21NO3S/c1-12-9-17(23-3)18(24-4)10-15(12)13(2)21-20(22)16-11-25-19-8-6-5-7-14(16)19/h5-11,13H,1-4H3,(H,21,22). The lowest BCUT2D eigenvalue weighted by molar-refractivity contribution is 0.0942. The quantitative estimate of drug-likeness (QED) is 0.720. The lowest BCUT2D eigenvalue weighted by atomic mass is 10.0.